The molecule has 94 valence electrons. The van der Waals surface area contributed by atoms with Crippen molar-refractivity contribution in [1.29, 1.82) is 0 Å². The molecule has 4 bridgehead atoms. The van der Waals surface area contributed by atoms with Gasteiger partial charge in [-0.1, -0.05) is 24.3 Å². The van der Waals surface area contributed by atoms with Crippen molar-refractivity contribution in [2.45, 2.75) is 24.4 Å². The third-order valence-corrected chi connectivity index (χ3v) is 4.70. The van der Waals surface area contributed by atoms with Crippen LogP contribution in [0.5, 0.6) is 0 Å². The smallest absolute Gasteiger partial charge is 0.317 e. The molecule has 4 rings (SSSR count). The number of hydrogen-bond acceptors (Lipinski definition) is 4. The van der Waals surface area contributed by atoms with Crippen molar-refractivity contribution in [2.75, 3.05) is 0 Å². The minimum Gasteiger partial charge on any atom is -0.481 e. The van der Waals surface area contributed by atoms with E-state index in [0.29, 0.717) is 0 Å². The molecule has 6 nitrogen and oxygen atoms in total. The molecule has 0 aliphatic carbocycles. The average Bonchev–Trinajstić information content (AvgIpc) is 3.05. The molecule has 0 spiro atoms. The second-order valence-corrected chi connectivity index (χ2v) is 5.07. The Labute approximate surface area is 101 Å². The van der Waals surface area contributed by atoms with E-state index in [1.165, 1.54) is 0 Å². The van der Waals surface area contributed by atoms with Gasteiger partial charge in [0.25, 0.3) is 0 Å². The molecule has 0 aromatic rings. The lowest BCUT2D eigenvalue weighted by Crippen LogP contribution is -2.62. The van der Waals surface area contributed by atoms with Gasteiger partial charge in [-0.2, -0.15) is 0 Å². The molecule has 0 unspecified atom stereocenters. The van der Waals surface area contributed by atoms with E-state index in [4.69, 9.17) is 9.47 Å². The van der Waals surface area contributed by atoms with Crippen LogP contribution in [0.2, 0.25) is 0 Å². The molecule has 0 aromatic carbocycles. The fraction of sp³-hybridized carbons (Fsp3) is 0.500. The van der Waals surface area contributed by atoms with E-state index >= 15 is 0 Å². The van der Waals surface area contributed by atoms with Gasteiger partial charge in [-0.05, 0) is 0 Å². The SMILES string of the molecule is O=C(O)C12[C@H]3C=C[C@@H](O3)C1(C(=O)O)[C@H]1C=C[C@H]2O1. The average molecular weight is 250 g/mol. The van der Waals surface area contributed by atoms with Crippen LogP contribution in [0, 0.1) is 10.8 Å². The monoisotopic (exact) mass is 250 g/mol. The van der Waals surface area contributed by atoms with Crippen LogP contribution < -0.4 is 0 Å². The summed E-state index contributed by atoms with van der Waals surface area (Å²) in [5.41, 5.74) is -3.09. The highest BCUT2D eigenvalue weighted by molar-refractivity contribution is 5.93. The van der Waals surface area contributed by atoms with Gasteiger partial charge < -0.3 is 19.7 Å². The highest BCUT2D eigenvalue weighted by Crippen LogP contribution is 2.68. The molecule has 2 saturated heterocycles. The van der Waals surface area contributed by atoms with E-state index in [2.05, 4.69) is 0 Å². The molecule has 0 saturated carbocycles. The van der Waals surface area contributed by atoms with Crippen LogP contribution in [0.15, 0.2) is 24.3 Å². The first kappa shape index (κ1) is 10.3. The molecule has 0 amide bonds. The number of carboxylic acid groups (broad SMARTS) is 2. The summed E-state index contributed by atoms with van der Waals surface area (Å²) in [4.78, 5) is 23.6. The third-order valence-electron chi connectivity index (χ3n) is 4.70. The number of aliphatic carboxylic acids is 2. The molecule has 2 N–H and O–H groups in total. The molecule has 0 radical (unpaired) electrons. The largest absolute Gasteiger partial charge is 0.481 e. The maximum Gasteiger partial charge on any atom is 0.317 e. The van der Waals surface area contributed by atoms with Crippen LogP contribution in [-0.2, 0) is 19.1 Å². The zero-order valence-corrected chi connectivity index (χ0v) is 9.15. The second-order valence-electron chi connectivity index (χ2n) is 5.07. The van der Waals surface area contributed by atoms with Gasteiger partial charge in [0.05, 0.1) is 24.4 Å². The molecular formula is C12H10O6. The Morgan fingerprint density at radius 2 is 1.06 bits per heavy atom. The highest BCUT2D eigenvalue weighted by Gasteiger charge is 2.85. The number of ether oxygens (including phenoxy) is 2. The first-order valence-corrected chi connectivity index (χ1v) is 5.70. The summed E-state index contributed by atoms with van der Waals surface area (Å²) < 4.78 is 11.1. The minimum atomic E-state index is -1.54. The van der Waals surface area contributed by atoms with Gasteiger partial charge in [0, 0.05) is 0 Å². The number of carboxylic acids is 2. The summed E-state index contributed by atoms with van der Waals surface area (Å²) in [6, 6.07) is 0. The van der Waals surface area contributed by atoms with Crippen molar-refractivity contribution < 1.29 is 29.3 Å². The Morgan fingerprint density at radius 1 is 0.778 bits per heavy atom. The number of carbonyl (C=O) groups is 2. The van der Waals surface area contributed by atoms with E-state index in [1.54, 1.807) is 24.3 Å². The van der Waals surface area contributed by atoms with Crippen molar-refractivity contribution in [3.63, 3.8) is 0 Å². The molecule has 0 aromatic heterocycles. The van der Waals surface area contributed by atoms with Gasteiger partial charge in [-0.25, -0.2) is 0 Å². The quantitative estimate of drug-likeness (QED) is 0.659. The van der Waals surface area contributed by atoms with Gasteiger partial charge >= 0.3 is 11.9 Å². The van der Waals surface area contributed by atoms with E-state index in [0.717, 1.165) is 0 Å². The Bertz CT molecular complexity index is 461. The van der Waals surface area contributed by atoms with Crippen LogP contribution >= 0.6 is 0 Å². The highest BCUT2D eigenvalue weighted by atomic mass is 16.6. The maximum absolute atomic E-state index is 11.8. The van der Waals surface area contributed by atoms with Crippen LogP contribution in [0.3, 0.4) is 0 Å². The standard InChI is InChI=1S/C12H10O6/c13-9(14)11-5-1-2-6(17-5)12(11,10(15)16)8-4-3-7(11)18-8/h1-8H,(H,13,14)(H,15,16)/t5-,6-,7-,8-,11?,12?/m1/s1. The number of fused-ring (bicyclic) bond motifs is 9. The van der Waals surface area contributed by atoms with Crippen molar-refractivity contribution >= 4 is 11.9 Å². The summed E-state index contributed by atoms with van der Waals surface area (Å²) >= 11 is 0. The molecule has 4 atom stereocenters. The van der Waals surface area contributed by atoms with E-state index in [-0.39, 0.29) is 0 Å². The normalized spacial score (nSPS) is 54.0. The third kappa shape index (κ3) is 0.678. The van der Waals surface area contributed by atoms with Gasteiger partial charge in [-0.15, -0.1) is 0 Å². The van der Waals surface area contributed by atoms with Gasteiger partial charge in [0.2, 0.25) is 0 Å². The number of rotatable bonds is 2. The summed E-state index contributed by atoms with van der Waals surface area (Å²) in [6.45, 7) is 0. The van der Waals surface area contributed by atoms with Crippen molar-refractivity contribution in [1.82, 2.24) is 0 Å². The lowest BCUT2D eigenvalue weighted by molar-refractivity contribution is -0.170. The molecule has 18 heavy (non-hydrogen) atoms. The number of hydrogen-bond donors (Lipinski definition) is 2. The molecule has 4 aliphatic heterocycles. The van der Waals surface area contributed by atoms with Crippen molar-refractivity contribution in [3.05, 3.63) is 24.3 Å². The lowest BCUT2D eigenvalue weighted by atomic mass is 9.53. The fourth-order valence-electron chi connectivity index (χ4n) is 4.04. The Morgan fingerprint density at radius 3 is 1.28 bits per heavy atom. The second kappa shape index (κ2) is 2.67. The summed E-state index contributed by atoms with van der Waals surface area (Å²) in [6.07, 6.45) is 3.59. The van der Waals surface area contributed by atoms with E-state index < -0.39 is 47.2 Å². The first-order valence-electron chi connectivity index (χ1n) is 5.70. The molecule has 2 fully saturated rings. The Kier molecular flexibility index (Phi) is 1.53. The topological polar surface area (TPSA) is 93.1 Å². The zero-order valence-electron chi connectivity index (χ0n) is 9.15. The van der Waals surface area contributed by atoms with E-state index in [1.807, 2.05) is 0 Å². The predicted molar refractivity (Wildman–Crippen MR) is 55.7 cm³/mol. The summed E-state index contributed by atoms with van der Waals surface area (Å²) in [5.74, 6) is -2.34. The van der Waals surface area contributed by atoms with Crippen LogP contribution in [-0.4, -0.2) is 46.6 Å². The van der Waals surface area contributed by atoms with Gasteiger partial charge in [0.1, 0.15) is 10.8 Å². The summed E-state index contributed by atoms with van der Waals surface area (Å²) in [7, 11) is 0. The van der Waals surface area contributed by atoms with E-state index in [9.17, 15) is 19.8 Å². The Balaban J connectivity index is 2.06. The van der Waals surface area contributed by atoms with Gasteiger partial charge in [0.15, 0.2) is 0 Å². The van der Waals surface area contributed by atoms with Crippen LogP contribution in [0.1, 0.15) is 0 Å². The minimum absolute atomic E-state index is 0.740. The zero-order chi connectivity index (χ0) is 12.7. The van der Waals surface area contributed by atoms with Gasteiger partial charge in [-0.3, -0.25) is 9.59 Å². The summed E-state index contributed by atoms with van der Waals surface area (Å²) in [5, 5.41) is 19.3. The Hall–Kier alpha value is -1.66. The molecule has 4 aliphatic rings. The van der Waals surface area contributed by atoms with Crippen LogP contribution in [0.25, 0.3) is 0 Å². The maximum atomic E-state index is 11.8. The molecule has 4 heterocycles. The van der Waals surface area contributed by atoms with Crippen molar-refractivity contribution in [2.24, 2.45) is 10.8 Å². The lowest BCUT2D eigenvalue weighted by Gasteiger charge is -2.41. The molecular weight excluding hydrogens is 240 g/mol. The van der Waals surface area contributed by atoms with Crippen LogP contribution in [0.4, 0.5) is 0 Å². The van der Waals surface area contributed by atoms with Crippen molar-refractivity contribution in [3.8, 4) is 0 Å². The molecule has 6 heteroatoms. The fourth-order valence-corrected chi connectivity index (χ4v) is 4.04. The predicted octanol–water partition coefficient (Wildman–Crippen LogP) is -0.197. The first-order chi connectivity index (χ1) is 8.56.